The van der Waals surface area contributed by atoms with Gasteiger partial charge in [-0.05, 0) is 57.5 Å². The Balaban J connectivity index is 1.78. The lowest BCUT2D eigenvalue weighted by atomic mass is 10.2. The fraction of sp³-hybridized carbons (Fsp3) is 0.350. The summed E-state index contributed by atoms with van der Waals surface area (Å²) in [6.07, 6.45) is -0.561. The van der Waals surface area contributed by atoms with Gasteiger partial charge in [-0.3, -0.25) is 4.79 Å². The molecule has 0 saturated carbocycles. The highest BCUT2D eigenvalue weighted by molar-refractivity contribution is 5.81. The predicted molar refractivity (Wildman–Crippen MR) is 95.5 cm³/mol. The Bertz CT molecular complexity index is 667. The number of amides is 1. The molecule has 0 aromatic heterocycles. The van der Waals surface area contributed by atoms with Crippen molar-refractivity contribution in [2.24, 2.45) is 0 Å². The van der Waals surface area contributed by atoms with Gasteiger partial charge >= 0.3 is 0 Å². The molecule has 0 spiro atoms. The Hall–Kier alpha value is -2.49. The zero-order valence-corrected chi connectivity index (χ0v) is 14.7. The molecule has 0 saturated heterocycles. The fourth-order valence-electron chi connectivity index (χ4n) is 2.20. The molecular weight excluding hydrogens is 302 g/mol. The molecule has 0 aliphatic carbocycles. The van der Waals surface area contributed by atoms with Gasteiger partial charge in [0.25, 0.3) is 5.91 Å². The molecular formula is C20H25NO3. The van der Waals surface area contributed by atoms with Crippen LogP contribution in [-0.2, 0) is 4.79 Å². The van der Waals surface area contributed by atoms with E-state index < -0.39 is 6.10 Å². The summed E-state index contributed by atoms with van der Waals surface area (Å²) in [5, 5.41) is 2.91. The minimum Gasteiger partial charge on any atom is -0.491 e. The van der Waals surface area contributed by atoms with Crippen LogP contribution in [0.1, 0.15) is 25.0 Å². The molecule has 2 aromatic carbocycles. The molecule has 2 rings (SSSR count). The smallest absolute Gasteiger partial charge is 0.261 e. The van der Waals surface area contributed by atoms with Crippen LogP contribution in [-0.4, -0.2) is 24.7 Å². The summed E-state index contributed by atoms with van der Waals surface area (Å²) in [6, 6.07) is 15.4. The van der Waals surface area contributed by atoms with E-state index in [0.29, 0.717) is 12.4 Å². The molecule has 1 amide bonds. The normalized spacial score (nSPS) is 13.0. The zero-order valence-electron chi connectivity index (χ0n) is 14.7. The number of ether oxygens (including phenoxy) is 2. The number of hydrogen-bond donors (Lipinski definition) is 1. The summed E-state index contributed by atoms with van der Waals surface area (Å²) in [7, 11) is 0. The zero-order chi connectivity index (χ0) is 17.5. The summed E-state index contributed by atoms with van der Waals surface area (Å²) in [5.74, 6) is 1.34. The van der Waals surface area contributed by atoms with Crippen LogP contribution >= 0.6 is 0 Å². The van der Waals surface area contributed by atoms with Crippen LogP contribution < -0.4 is 14.8 Å². The van der Waals surface area contributed by atoms with E-state index in [0.717, 1.165) is 11.3 Å². The standard InChI is InChI=1S/C20H25NO3/c1-14-8-10-18(11-9-14)23-13-16(3)21-20(22)17(4)24-19-7-5-6-15(2)12-19/h5-12,16-17H,13H2,1-4H3,(H,21,22)/t16-,17+/m0/s1. The molecule has 4 nitrogen and oxygen atoms in total. The quantitative estimate of drug-likeness (QED) is 0.844. The molecule has 0 heterocycles. The monoisotopic (exact) mass is 327 g/mol. The summed E-state index contributed by atoms with van der Waals surface area (Å²) in [6.45, 7) is 8.08. The first-order valence-electron chi connectivity index (χ1n) is 8.17. The van der Waals surface area contributed by atoms with Gasteiger partial charge in [0.05, 0.1) is 6.04 Å². The van der Waals surface area contributed by atoms with E-state index in [-0.39, 0.29) is 11.9 Å². The molecule has 128 valence electrons. The van der Waals surface area contributed by atoms with Crippen LogP contribution in [0.5, 0.6) is 11.5 Å². The Labute approximate surface area is 143 Å². The van der Waals surface area contributed by atoms with Crippen molar-refractivity contribution in [1.29, 1.82) is 0 Å². The molecule has 1 N–H and O–H groups in total. The molecule has 0 aliphatic heterocycles. The minimum absolute atomic E-state index is 0.109. The topological polar surface area (TPSA) is 47.6 Å². The van der Waals surface area contributed by atoms with E-state index >= 15 is 0 Å². The first-order chi connectivity index (χ1) is 11.4. The van der Waals surface area contributed by atoms with Gasteiger partial charge < -0.3 is 14.8 Å². The number of aryl methyl sites for hydroxylation is 2. The maximum atomic E-state index is 12.2. The lowest BCUT2D eigenvalue weighted by Gasteiger charge is -2.19. The van der Waals surface area contributed by atoms with E-state index in [4.69, 9.17) is 9.47 Å². The first kappa shape index (κ1) is 17.9. The van der Waals surface area contributed by atoms with Crippen LogP contribution in [0.25, 0.3) is 0 Å². The van der Waals surface area contributed by atoms with Gasteiger partial charge in [-0.2, -0.15) is 0 Å². The van der Waals surface area contributed by atoms with E-state index in [9.17, 15) is 4.79 Å². The molecule has 0 fully saturated rings. The van der Waals surface area contributed by atoms with Crippen molar-refractivity contribution in [2.45, 2.75) is 39.8 Å². The summed E-state index contributed by atoms with van der Waals surface area (Å²) >= 11 is 0. The van der Waals surface area contributed by atoms with Crippen molar-refractivity contribution >= 4 is 5.91 Å². The second kappa shape index (κ2) is 8.39. The van der Waals surface area contributed by atoms with Gasteiger partial charge in [0, 0.05) is 0 Å². The van der Waals surface area contributed by atoms with Gasteiger partial charge in [0.2, 0.25) is 0 Å². The third kappa shape index (κ3) is 5.61. The van der Waals surface area contributed by atoms with Crippen LogP contribution in [0.2, 0.25) is 0 Å². The molecule has 0 radical (unpaired) electrons. The highest BCUT2D eigenvalue weighted by Gasteiger charge is 2.17. The number of carbonyl (C=O) groups excluding carboxylic acids is 1. The molecule has 2 atom stereocenters. The Morgan fingerprint density at radius 2 is 1.71 bits per heavy atom. The van der Waals surface area contributed by atoms with Crippen molar-refractivity contribution in [1.82, 2.24) is 5.32 Å². The van der Waals surface area contributed by atoms with Crippen molar-refractivity contribution in [3.8, 4) is 11.5 Å². The van der Waals surface area contributed by atoms with E-state index in [1.807, 2.05) is 69.3 Å². The second-order valence-electron chi connectivity index (χ2n) is 6.11. The maximum absolute atomic E-state index is 12.2. The van der Waals surface area contributed by atoms with E-state index in [2.05, 4.69) is 5.32 Å². The van der Waals surface area contributed by atoms with Crippen LogP contribution in [0.3, 0.4) is 0 Å². The second-order valence-corrected chi connectivity index (χ2v) is 6.11. The lowest BCUT2D eigenvalue weighted by Crippen LogP contribution is -2.43. The van der Waals surface area contributed by atoms with Crippen molar-refractivity contribution in [3.63, 3.8) is 0 Å². The average Bonchev–Trinajstić information content (AvgIpc) is 2.54. The number of rotatable bonds is 7. The van der Waals surface area contributed by atoms with Gasteiger partial charge in [-0.15, -0.1) is 0 Å². The van der Waals surface area contributed by atoms with E-state index in [1.54, 1.807) is 6.92 Å². The number of hydrogen-bond acceptors (Lipinski definition) is 3. The molecule has 4 heteroatoms. The van der Waals surface area contributed by atoms with Crippen molar-refractivity contribution < 1.29 is 14.3 Å². The number of nitrogens with one attached hydrogen (secondary N) is 1. The Kier molecular flexibility index (Phi) is 6.24. The average molecular weight is 327 g/mol. The number of carbonyl (C=O) groups is 1. The molecule has 2 aromatic rings. The van der Waals surface area contributed by atoms with E-state index in [1.165, 1.54) is 5.56 Å². The highest BCUT2D eigenvalue weighted by atomic mass is 16.5. The SMILES string of the molecule is Cc1ccc(OC[C@H](C)NC(=O)[C@@H](C)Oc2cccc(C)c2)cc1. The van der Waals surface area contributed by atoms with Gasteiger partial charge in [0.15, 0.2) is 6.10 Å². The Morgan fingerprint density at radius 1 is 1.00 bits per heavy atom. The van der Waals surface area contributed by atoms with Gasteiger partial charge in [-0.1, -0.05) is 29.8 Å². The highest BCUT2D eigenvalue weighted by Crippen LogP contribution is 2.14. The minimum atomic E-state index is -0.561. The van der Waals surface area contributed by atoms with Crippen molar-refractivity contribution in [2.75, 3.05) is 6.61 Å². The number of benzene rings is 2. The van der Waals surface area contributed by atoms with Crippen molar-refractivity contribution in [3.05, 3.63) is 59.7 Å². The predicted octanol–water partition coefficient (Wildman–Crippen LogP) is 3.65. The summed E-state index contributed by atoms with van der Waals surface area (Å²) in [4.78, 5) is 12.2. The largest absolute Gasteiger partial charge is 0.491 e. The maximum Gasteiger partial charge on any atom is 0.261 e. The van der Waals surface area contributed by atoms with Gasteiger partial charge in [-0.25, -0.2) is 0 Å². The Morgan fingerprint density at radius 3 is 2.38 bits per heavy atom. The summed E-state index contributed by atoms with van der Waals surface area (Å²) in [5.41, 5.74) is 2.28. The molecule has 0 aliphatic rings. The van der Waals surface area contributed by atoms with Crippen LogP contribution in [0.15, 0.2) is 48.5 Å². The summed E-state index contributed by atoms with van der Waals surface area (Å²) < 4.78 is 11.4. The molecule has 0 unspecified atom stereocenters. The third-order valence-electron chi connectivity index (χ3n) is 3.58. The lowest BCUT2D eigenvalue weighted by molar-refractivity contribution is -0.128. The first-order valence-corrected chi connectivity index (χ1v) is 8.17. The molecule has 0 bridgehead atoms. The third-order valence-corrected chi connectivity index (χ3v) is 3.58. The van der Waals surface area contributed by atoms with Crippen LogP contribution in [0.4, 0.5) is 0 Å². The van der Waals surface area contributed by atoms with Gasteiger partial charge in [0.1, 0.15) is 18.1 Å². The molecule has 24 heavy (non-hydrogen) atoms. The fourth-order valence-corrected chi connectivity index (χ4v) is 2.20. The van der Waals surface area contributed by atoms with Crippen LogP contribution in [0, 0.1) is 13.8 Å².